The van der Waals surface area contributed by atoms with E-state index in [4.69, 9.17) is 88.1 Å². The molecule has 0 fully saturated rings. The highest BCUT2D eigenvalue weighted by atomic mass is 35.5. The van der Waals surface area contributed by atoms with Gasteiger partial charge in [0.15, 0.2) is 32.9 Å². The SMILES string of the molecule is CS(=O)(=O)c1ccc(CC2OC(=O)c3c(-c4ccco4)nc(Cl)nc32)cc1.Cc1ccc(CC2OC(=O)c3c(-c4ccco4)nc(Cl)nc32)cc1.O=C(O)c1ccc(CC2OC(=O)c3c(-c4ccco4)nc(Cl)nc32)cc1.O=C1OC(Cc2ccccc2C(F)(F)F)c2nc(Cl)nc(-c3ccco3)c21. The molecule has 0 amide bonds. The van der Waals surface area contributed by atoms with E-state index in [9.17, 15) is 45.6 Å². The maximum atomic E-state index is 13.2. The summed E-state index contributed by atoms with van der Waals surface area (Å²) in [4.78, 5) is 93.7. The first-order chi connectivity index (χ1) is 49.8. The Hall–Kier alpha value is -11.4. The van der Waals surface area contributed by atoms with E-state index in [1.165, 1.54) is 73.1 Å². The molecule has 0 spiro atoms. The molecule has 0 aliphatic carbocycles. The molecule has 24 nitrogen and oxygen atoms in total. The minimum Gasteiger partial charge on any atom is -0.478 e. The zero-order valence-electron chi connectivity index (χ0n) is 53.5. The molecule has 4 aliphatic heterocycles. The second kappa shape index (κ2) is 29.5. The normalized spacial score (nSPS) is 16.0. The van der Waals surface area contributed by atoms with E-state index < -0.39 is 75.8 Å². The second-order valence-electron chi connectivity index (χ2n) is 23.3. The van der Waals surface area contributed by atoms with Crippen LogP contribution >= 0.6 is 46.4 Å². The van der Waals surface area contributed by atoms with Crippen LogP contribution in [-0.4, -0.2) is 89.5 Å². The van der Waals surface area contributed by atoms with Crippen LogP contribution in [0.5, 0.6) is 0 Å². The van der Waals surface area contributed by atoms with E-state index in [0.29, 0.717) is 70.6 Å². The van der Waals surface area contributed by atoms with Gasteiger partial charge in [-0.3, -0.25) is 0 Å². The van der Waals surface area contributed by atoms with Gasteiger partial charge in [0.05, 0.1) is 41.1 Å². The number of alkyl halides is 3. The summed E-state index contributed by atoms with van der Waals surface area (Å²) in [6, 6.07) is 39.2. The van der Waals surface area contributed by atoms with Crippen molar-refractivity contribution in [3.05, 3.63) is 276 Å². The third-order valence-electron chi connectivity index (χ3n) is 16.4. The minimum atomic E-state index is -4.52. The van der Waals surface area contributed by atoms with Crippen LogP contribution in [0.3, 0.4) is 0 Å². The van der Waals surface area contributed by atoms with Gasteiger partial charge in [-0.2, -0.15) is 13.2 Å². The molecular formula is C72H47Cl4F3N8O16S. The lowest BCUT2D eigenvalue weighted by Gasteiger charge is -2.15. The van der Waals surface area contributed by atoms with E-state index in [2.05, 4.69) is 39.9 Å². The third kappa shape index (κ3) is 15.4. The van der Waals surface area contributed by atoms with Crippen molar-refractivity contribution in [3.8, 4) is 45.8 Å². The van der Waals surface area contributed by atoms with Gasteiger partial charge in [0.25, 0.3) is 0 Å². The number of halogens is 7. The fourth-order valence-corrected chi connectivity index (χ4v) is 13.0. The first kappa shape index (κ1) is 71.0. The Bertz CT molecular complexity index is 5390. The Labute approximate surface area is 605 Å². The van der Waals surface area contributed by atoms with Crippen molar-refractivity contribution >= 4 is 86.1 Å². The predicted octanol–water partition coefficient (Wildman–Crippen LogP) is 15.8. The molecule has 526 valence electrons. The lowest BCUT2D eigenvalue weighted by atomic mass is 9.98. The zero-order valence-corrected chi connectivity index (χ0v) is 57.3. The molecule has 0 saturated heterocycles. The highest BCUT2D eigenvalue weighted by Gasteiger charge is 2.43. The average Bonchev–Trinajstić information content (AvgIpc) is 1.64. The van der Waals surface area contributed by atoms with Gasteiger partial charge in [-0.05, 0) is 154 Å². The van der Waals surface area contributed by atoms with Gasteiger partial charge in [0.2, 0.25) is 21.1 Å². The minimum absolute atomic E-state index is 0.00932. The summed E-state index contributed by atoms with van der Waals surface area (Å²) in [5.74, 6) is -1.75. The van der Waals surface area contributed by atoms with Crippen molar-refractivity contribution in [2.24, 2.45) is 0 Å². The number of carboxylic acids is 1. The summed E-state index contributed by atoms with van der Waals surface area (Å²) in [6.07, 6.45) is 0.704. The molecule has 0 saturated carbocycles. The zero-order chi connectivity index (χ0) is 73.3. The number of carboxylic acid groups (broad SMARTS) is 1. The topological polar surface area (TPSA) is 332 Å². The number of aromatic carboxylic acids is 1. The summed E-state index contributed by atoms with van der Waals surface area (Å²) in [5.41, 5.74) is 6.56. The summed E-state index contributed by atoms with van der Waals surface area (Å²) < 4.78 is 106. The van der Waals surface area contributed by atoms with Crippen molar-refractivity contribution in [1.82, 2.24) is 39.9 Å². The molecule has 16 rings (SSSR count). The lowest BCUT2D eigenvalue weighted by molar-refractivity contribution is -0.138. The molecule has 4 atom stereocenters. The molecule has 12 heterocycles. The quantitative estimate of drug-likeness (QED) is 0.0600. The summed E-state index contributed by atoms with van der Waals surface area (Å²) in [5, 5.41) is 8.84. The highest BCUT2D eigenvalue weighted by Crippen LogP contribution is 2.44. The van der Waals surface area contributed by atoms with Crippen LogP contribution in [-0.2, 0) is 60.6 Å². The molecule has 12 aromatic rings. The molecule has 0 bridgehead atoms. The number of aromatic nitrogens is 8. The maximum absolute atomic E-state index is 13.2. The smallest absolute Gasteiger partial charge is 0.416 e. The maximum Gasteiger partial charge on any atom is 0.416 e. The number of carbonyl (C=O) groups excluding carboxylic acids is 4. The van der Waals surface area contributed by atoms with Crippen molar-refractivity contribution in [2.75, 3.05) is 6.26 Å². The molecule has 32 heteroatoms. The number of aryl methyl sites for hydroxylation is 1. The monoisotopic (exact) mass is 1510 g/mol. The van der Waals surface area contributed by atoms with Crippen molar-refractivity contribution in [1.29, 1.82) is 0 Å². The fourth-order valence-electron chi connectivity index (χ4n) is 11.6. The first-order valence-corrected chi connectivity index (χ1v) is 34.3. The number of hydrogen-bond donors (Lipinski definition) is 1. The van der Waals surface area contributed by atoms with E-state index in [-0.39, 0.29) is 83.1 Å². The Morgan fingerprint density at radius 2 is 0.740 bits per heavy atom. The summed E-state index contributed by atoms with van der Waals surface area (Å²) in [7, 11) is -3.27. The summed E-state index contributed by atoms with van der Waals surface area (Å²) in [6.45, 7) is 2.03. The average molecular weight is 1510 g/mol. The summed E-state index contributed by atoms with van der Waals surface area (Å²) >= 11 is 24.1. The van der Waals surface area contributed by atoms with E-state index >= 15 is 0 Å². The van der Waals surface area contributed by atoms with Gasteiger partial charge >= 0.3 is 36.0 Å². The fraction of sp³-hybridized carbons (Fsp3) is 0.153. The van der Waals surface area contributed by atoms with E-state index in [1.54, 1.807) is 72.8 Å². The number of nitrogens with zero attached hydrogens (tertiary/aromatic N) is 8. The number of sulfone groups is 1. The largest absolute Gasteiger partial charge is 0.478 e. The van der Waals surface area contributed by atoms with Gasteiger partial charge in [0, 0.05) is 31.9 Å². The molecule has 4 aromatic carbocycles. The van der Waals surface area contributed by atoms with Gasteiger partial charge in [-0.25, -0.2) is 72.3 Å². The third-order valence-corrected chi connectivity index (χ3v) is 18.2. The lowest BCUT2D eigenvalue weighted by Crippen LogP contribution is -2.12. The molecule has 4 aliphatic rings. The van der Waals surface area contributed by atoms with Crippen LogP contribution in [0.2, 0.25) is 21.1 Å². The Morgan fingerprint density at radius 3 is 1.04 bits per heavy atom. The molecule has 4 unspecified atom stereocenters. The number of ether oxygens (including phenoxy) is 4. The number of esters is 4. The number of hydrogen-bond acceptors (Lipinski definition) is 23. The van der Waals surface area contributed by atoms with Crippen molar-refractivity contribution in [3.63, 3.8) is 0 Å². The first-order valence-electron chi connectivity index (χ1n) is 30.9. The standard InChI is InChI=1S/C18H10ClF3N2O3.C18H13ClN2O5S.C18H11ClN2O5.C18H13ClN2O3/c19-17-23-14(11-6-3-7-26-11)13-15(24-17)12(27-16(13)25)8-9-4-1-2-5-10(9)18(20,21)22;1-27(23,24)11-6-4-10(5-7-11)9-13-16-14(17(22)26-13)15(20-18(19)21-16)12-3-2-8-25-12;19-18-20-14(11-2-1-7-25-11)13-15(21-18)12(26-17(13)24)8-9-3-5-10(6-4-9)16(22)23;1-10-4-6-11(7-5-10)9-13-16-14(17(22)24-13)15(20-18(19)21-16)12-3-2-8-23-12/h1-7,12H,8H2;2-8,13H,9H2,1H3;1-7,12H,8H2,(H,22,23);2-8,13H,9H2,1H3. The Kier molecular flexibility index (Phi) is 20.1. The number of cyclic esters (lactones) is 4. The Balaban J connectivity index is 0.000000123. The van der Waals surface area contributed by atoms with Crippen LogP contribution in [0.15, 0.2) is 193 Å². The van der Waals surface area contributed by atoms with E-state index in [0.717, 1.165) is 29.0 Å². The van der Waals surface area contributed by atoms with Crippen LogP contribution in [0.1, 0.15) is 132 Å². The van der Waals surface area contributed by atoms with Gasteiger partial charge in [0.1, 0.15) is 92.2 Å². The second-order valence-corrected chi connectivity index (χ2v) is 26.6. The van der Waals surface area contributed by atoms with Gasteiger partial charge < -0.3 is 41.7 Å². The van der Waals surface area contributed by atoms with Crippen LogP contribution in [0, 0.1) is 6.92 Å². The predicted molar refractivity (Wildman–Crippen MR) is 362 cm³/mol. The molecular weight excluding hydrogens is 1460 g/mol. The number of furan rings is 4. The van der Waals surface area contributed by atoms with Crippen LogP contribution in [0.4, 0.5) is 13.2 Å². The van der Waals surface area contributed by atoms with Gasteiger partial charge in [-0.15, -0.1) is 0 Å². The Morgan fingerprint density at radius 1 is 0.433 bits per heavy atom. The van der Waals surface area contributed by atoms with Gasteiger partial charge in [-0.1, -0.05) is 72.3 Å². The number of fused-ring (bicyclic) bond motifs is 4. The highest BCUT2D eigenvalue weighted by molar-refractivity contribution is 7.90. The number of rotatable bonds is 14. The van der Waals surface area contributed by atoms with Crippen molar-refractivity contribution < 1.29 is 87.3 Å². The van der Waals surface area contributed by atoms with Crippen LogP contribution < -0.4 is 0 Å². The molecule has 1 N–H and O–H groups in total. The number of carbonyl (C=O) groups is 5. The number of benzene rings is 4. The van der Waals surface area contributed by atoms with Crippen LogP contribution in [0.25, 0.3) is 45.8 Å². The molecule has 104 heavy (non-hydrogen) atoms. The van der Waals surface area contributed by atoms with Crippen molar-refractivity contribution in [2.45, 2.75) is 68.1 Å². The van der Waals surface area contributed by atoms with E-state index in [1.807, 2.05) is 31.2 Å². The molecule has 0 radical (unpaired) electrons. The molecule has 8 aromatic heterocycles.